The summed E-state index contributed by atoms with van der Waals surface area (Å²) in [5, 5.41) is 0. The lowest BCUT2D eigenvalue weighted by atomic mass is 9.89. The zero-order valence-corrected chi connectivity index (χ0v) is 9.10. The lowest BCUT2D eigenvalue weighted by Crippen LogP contribution is -2.67. The number of nitrogens with zero attached hydrogens (tertiary/aromatic N) is 3. The molecule has 0 amide bonds. The normalized spacial score (nSPS) is 18.5. The van der Waals surface area contributed by atoms with Gasteiger partial charge < -0.3 is 15.4 Å². The molecule has 1 aromatic heterocycles. The summed E-state index contributed by atoms with van der Waals surface area (Å²) in [5.41, 5.74) is 6.01. The number of aromatic nitrogens is 2. The van der Waals surface area contributed by atoms with Crippen LogP contribution in [0.3, 0.4) is 0 Å². The Morgan fingerprint density at radius 3 is 2.93 bits per heavy atom. The van der Waals surface area contributed by atoms with Crippen LogP contribution in [0.15, 0.2) is 12.3 Å². The van der Waals surface area contributed by atoms with Gasteiger partial charge >= 0.3 is 0 Å². The molecule has 1 saturated heterocycles. The largest absolute Gasteiger partial charge is 0.481 e. The van der Waals surface area contributed by atoms with Crippen molar-refractivity contribution in [3.05, 3.63) is 12.3 Å². The molecule has 5 heteroatoms. The van der Waals surface area contributed by atoms with Gasteiger partial charge in [-0.2, -0.15) is 4.98 Å². The average Bonchev–Trinajstić information content (AvgIpc) is 2.25. The maximum absolute atomic E-state index is 6.07. The predicted molar refractivity (Wildman–Crippen MR) is 58.0 cm³/mol. The Labute approximate surface area is 89.3 Å². The molecule has 0 unspecified atom stereocenters. The summed E-state index contributed by atoms with van der Waals surface area (Å²) in [4.78, 5) is 10.5. The first kappa shape index (κ1) is 10.2. The number of anilines is 1. The second-order valence-corrected chi connectivity index (χ2v) is 3.97. The molecule has 0 radical (unpaired) electrons. The molecule has 1 fully saturated rings. The van der Waals surface area contributed by atoms with Crippen molar-refractivity contribution in [2.24, 2.45) is 5.73 Å². The Bertz CT molecular complexity index is 349. The van der Waals surface area contributed by atoms with Crippen LogP contribution in [-0.4, -0.2) is 35.7 Å². The van der Waals surface area contributed by atoms with Gasteiger partial charge in [0.25, 0.3) is 0 Å². The fourth-order valence-corrected chi connectivity index (χ4v) is 1.68. The van der Waals surface area contributed by atoms with E-state index in [9.17, 15) is 0 Å². The smallest absolute Gasteiger partial charge is 0.228 e. The van der Waals surface area contributed by atoms with Crippen molar-refractivity contribution in [2.75, 3.05) is 25.1 Å². The van der Waals surface area contributed by atoms with E-state index < -0.39 is 0 Å². The van der Waals surface area contributed by atoms with Gasteiger partial charge in [-0.3, -0.25) is 0 Å². The maximum atomic E-state index is 6.07. The lowest BCUT2D eigenvalue weighted by Gasteiger charge is -2.47. The summed E-state index contributed by atoms with van der Waals surface area (Å²) in [6, 6.07) is 1.73. The van der Waals surface area contributed by atoms with Crippen molar-refractivity contribution in [1.82, 2.24) is 9.97 Å². The molecule has 2 N–H and O–H groups in total. The van der Waals surface area contributed by atoms with Crippen LogP contribution in [0, 0.1) is 0 Å². The monoisotopic (exact) mass is 208 g/mol. The van der Waals surface area contributed by atoms with E-state index in [0.29, 0.717) is 11.8 Å². The molecular formula is C10H16N4O. The standard InChI is InChI=1S/C10H16N4O/c1-3-10(11)6-14(7-10)9-12-5-4-8(13-9)15-2/h4-5H,3,6-7,11H2,1-2H3. The summed E-state index contributed by atoms with van der Waals surface area (Å²) in [7, 11) is 1.60. The van der Waals surface area contributed by atoms with Gasteiger partial charge in [0.15, 0.2) is 0 Å². The molecule has 0 aromatic carbocycles. The molecule has 0 saturated carbocycles. The third-order valence-electron chi connectivity index (χ3n) is 2.82. The first-order valence-electron chi connectivity index (χ1n) is 5.08. The summed E-state index contributed by atoms with van der Waals surface area (Å²) < 4.78 is 5.04. The zero-order valence-electron chi connectivity index (χ0n) is 9.10. The number of ether oxygens (including phenoxy) is 1. The number of hydrogen-bond acceptors (Lipinski definition) is 5. The maximum Gasteiger partial charge on any atom is 0.228 e. The van der Waals surface area contributed by atoms with Crippen molar-refractivity contribution < 1.29 is 4.74 Å². The first-order chi connectivity index (χ1) is 7.17. The van der Waals surface area contributed by atoms with E-state index in [1.807, 2.05) is 0 Å². The van der Waals surface area contributed by atoms with E-state index in [-0.39, 0.29) is 5.54 Å². The van der Waals surface area contributed by atoms with Gasteiger partial charge in [0.2, 0.25) is 11.8 Å². The van der Waals surface area contributed by atoms with Gasteiger partial charge in [0, 0.05) is 25.4 Å². The predicted octanol–water partition coefficient (Wildman–Crippen LogP) is 0.413. The highest BCUT2D eigenvalue weighted by molar-refractivity contribution is 5.39. The van der Waals surface area contributed by atoms with Crippen LogP contribution in [-0.2, 0) is 0 Å². The van der Waals surface area contributed by atoms with Crippen LogP contribution in [0.2, 0.25) is 0 Å². The molecule has 0 bridgehead atoms. The van der Waals surface area contributed by atoms with Crippen LogP contribution >= 0.6 is 0 Å². The summed E-state index contributed by atoms with van der Waals surface area (Å²) in [5.74, 6) is 1.29. The highest BCUT2D eigenvalue weighted by Crippen LogP contribution is 2.25. The quantitative estimate of drug-likeness (QED) is 0.779. The van der Waals surface area contributed by atoms with Gasteiger partial charge in [-0.05, 0) is 6.42 Å². The Balaban J connectivity index is 2.06. The third kappa shape index (κ3) is 1.87. The fourth-order valence-electron chi connectivity index (χ4n) is 1.68. The molecule has 82 valence electrons. The Kier molecular flexibility index (Phi) is 2.48. The van der Waals surface area contributed by atoms with Crippen LogP contribution in [0.4, 0.5) is 5.95 Å². The Morgan fingerprint density at radius 1 is 1.60 bits per heavy atom. The highest BCUT2D eigenvalue weighted by atomic mass is 16.5. The second-order valence-electron chi connectivity index (χ2n) is 3.97. The molecule has 0 atom stereocenters. The van der Waals surface area contributed by atoms with E-state index in [1.165, 1.54) is 0 Å². The average molecular weight is 208 g/mol. The Morgan fingerprint density at radius 2 is 2.33 bits per heavy atom. The third-order valence-corrected chi connectivity index (χ3v) is 2.82. The lowest BCUT2D eigenvalue weighted by molar-refractivity contribution is 0.315. The minimum Gasteiger partial charge on any atom is -0.481 e. The Hall–Kier alpha value is -1.36. The second kappa shape index (κ2) is 3.66. The topological polar surface area (TPSA) is 64.3 Å². The molecule has 1 aromatic rings. The molecule has 15 heavy (non-hydrogen) atoms. The van der Waals surface area contributed by atoms with E-state index in [4.69, 9.17) is 10.5 Å². The fraction of sp³-hybridized carbons (Fsp3) is 0.600. The van der Waals surface area contributed by atoms with Crippen molar-refractivity contribution in [2.45, 2.75) is 18.9 Å². The zero-order chi connectivity index (χ0) is 10.9. The molecule has 5 nitrogen and oxygen atoms in total. The van der Waals surface area contributed by atoms with Crippen LogP contribution in [0.25, 0.3) is 0 Å². The van der Waals surface area contributed by atoms with Gasteiger partial charge in [-0.15, -0.1) is 0 Å². The molecule has 0 spiro atoms. The number of methoxy groups -OCH3 is 1. The first-order valence-corrected chi connectivity index (χ1v) is 5.08. The molecule has 2 heterocycles. The molecule has 2 rings (SSSR count). The molecule has 0 aliphatic carbocycles. The summed E-state index contributed by atoms with van der Waals surface area (Å²) in [6.45, 7) is 3.73. The minimum atomic E-state index is -0.0631. The van der Waals surface area contributed by atoms with Gasteiger partial charge in [0.05, 0.1) is 12.6 Å². The van der Waals surface area contributed by atoms with Gasteiger partial charge in [-0.1, -0.05) is 6.92 Å². The van der Waals surface area contributed by atoms with Crippen molar-refractivity contribution >= 4 is 5.95 Å². The van der Waals surface area contributed by atoms with Crippen LogP contribution in [0.5, 0.6) is 5.88 Å². The van der Waals surface area contributed by atoms with E-state index in [1.54, 1.807) is 19.4 Å². The number of nitrogens with two attached hydrogens (primary N) is 1. The van der Waals surface area contributed by atoms with Crippen molar-refractivity contribution in [3.63, 3.8) is 0 Å². The molecule has 1 aliphatic rings. The van der Waals surface area contributed by atoms with E-state index in [0.717, 1.165) is 19.5 Å². The van der Waals surface area contributed by atoms with E-state index >= 15 is 0 Å². The molecular weight excluding hydrogens is 192 g/mol. The van der Waals surface area contributed by atoms with Gasteiger partial charge in [0.1, 0.15) is 0 Å². The van der Waals surface area contributed by atoms with E-state index in [2.05, 4.69) is 21.8 Å². The summed E-state index contributed by atoms with van der Waals surface area (Å²) in [6.07, 6.45) is 2.68. The van der Waals surface area contributed by atoms with Crippen LogP contribution in [0.1, 0.15) is 13.3 Å². The van der Waals surface area contributed by atoms with Gasteiger partial charge in [-0.25, -0.2) is 4.98 Å². The minimum absolute atomic E-state index is 0.0631. The number of rotatable bonds is 3. The number of hydrogen-bond donors (Lipinski definition) is 1. The van der Waals surface area contributed by atoms with Crippen LogP contribution < -0.4 is 15.4 Å². The SMILES string of the molecule is CCC1(N)CN(c2nccc(OC)n2)C1. The summed E-state index contributed by atoms with van der Waals surface area (Å²) >= 11 is 0. The van der Waals surface area contributed by atoms with Crippen molar-refractivity contribution in [1.29, 1.82) is 0 Å². The highest BCUT2D eigenvalue weighted by Gasteiger charge is 2.39. The molecule has 1 aliphatic heterocycles. The van der Waals surface area contributed by atoms with Crippen molar-refractivity contribution in [3.8, 4) is 5.88 Å².